The molecule has 1 aromatic carbocycles. The molecular formula is C21H23FN4. The molecule has 26 heavy (non-hydrogen) atoms. The number of hydrogen-bond acceptors (Lipinski definition) is 4. The second kappa shape index (κ2) is 8.52. The number of pyridine rings is 1. The highest BCUT2D eigenvalue weighted by molar-refractivity contribution is 5.79. The SMILES string of the molecule is CCCCCNc1nccc(-c2cccnc2-c2ccc(F)c(C)c2)n1. The lowest BCUT2D eigenvalue weighted by Gasteiger charge is -2.11. The average Bonchev–Trinajstić information content (AvgIpc) is 2.68. The topological polar surface area (TPSA) is 50.7 Å². The van der Waals surface area contributed by atoms with E-state index < -0.39 is 0 Å². The van der Waals surface area contributed by atoms with Gasteiger partial charge in [-0.25, -0.2) is 14.4 Å². The van der Waals surface area contributed by atoms with Crippen molar-refractivity contribution in [2.24, 2.45) is 0 Å². The average molecular weight is 350 g/mol. The van der Waals surface area contributed by atoms with Gasteiger partial charge in [-0.1, -0.05) is 19.8 Å². The van der Waals surface area contributed by atoms with Crippen LogP contribution >= 0.6 is 0 Å². The lowest BCUT2D eigenvalue weighted by atomic mass is 10.0. The van der Waals surface area contributed by atoms with E-state index in [-0.39, 0.29) is 5.82 Å². The summed E-state index contributed by atoms with van der Waals surface area (Å²) in [4.78, 5) is 13.4. The summed E-state index contributed by atoms with van der Waals surface area (Å²) in [5.41, 5.74) is 3.95. The Kier molecular flexibility index (Phi) is 5.89. The first-order valence-electron chi connectivity index (χ1n) is 8.98. The molecule has 0 aliphatic heterocycles. The second-order valence-electron chi connectivity index (χ2n) is 6.26. The van der Waals surface area contributed by atoms with Gasteiger partial charge in [0, 0.05) is 30.1 Å². The Hall–Kier alpha value is -2.82. The number of aromatic nitrogens is 3. The zero-order valence-corrected chi connectivity index (χ0v) is 15.2. The third-order valence-electron chi connectivity index (χ3n) is 4.23. The van der Waals surface area contributed by atoms with Crippen LogP contribution in [-0.4, -0.2) is 21.5 Å². The van der Waals surface area contributed by atoms with Gasteiger partial charge in [0.2, 0.25) is 5.95 Å². The van der Waals surface area contributed by atoms with Gasteiger partial charge in [-0.05, 0) is 55.3 Å². The number of halogens is 1. The molecule has 0 atom stereocenters. The van der Waals surface area contributed by atoms with Crippen LogP contribution in [0.4, 0.5) is 10.3 Å². The van der Waals surface area contributed by atoms with Gasteiger partial charge in [0.15, 0.2) is 0 Å². The summed E-state index contributed by atoms with van der Waals surface area (Å²) in [5.74, 6) is 0.399. The molecule has 0 saturated heterocycles. The summed E-state index contributed by atoms with van der Waals surface area (Å²) in [6.45, 7) is 4.79. The zero-order valence-electron chi connectivity index (χ0n) is 15.2. The van der Waals surface area contributed by atoms with E-state index in [1.54, 1.807) is 25.4 Å². The van der Waals surface area contributed by atoms with E-state index in [4.69, 9.17) is 0 Å². The van der Waals surface area contributed by atoms with Gasteiger partial charge in [-0.3, -0.25) is 4.98 Å². The Morgan fingerprint density at radius 3 is 2.73 bits per heavy atom. The maximum Gasteiger partial charge on any atom is 0.223 e. The van der Waals surface area contributed by atoms with Crippen LogP contribution in [0, 0.1) is 12.7 Å². The van der Waals surface area contributed by atoms with Crippen LogP contribution in [0.3, 0.4) is 0 Å². The fourth-order valence-electron chi connectivity index (χ4n) is 2.80. The number of unbranched alkanes of at least 4 members (excludes halogenated alkanes) is 2. The second-order valence-corrected chi connectivity index (χ2v) is 6.26. The maximum atomic E-state index is 13.6. The Morgan fingerprint density at radius 2 is 1.92 bits per heavy atom. The van der Waals surface area contributed by atoms with Crippen LogP contribution in [-0.2, 0) is 0 Å². The third-order valence-corrected chi connectivity index (χ3v) is 4.23. The van der Waals surface area contributed by atoms with E-state index in [1.165, 1.54) is 18.9 Å². The summed E-state index contributed by atoms with van der Waals surface area (Å²) < 4.78 is 13.6. The van der Waals surface area contributed by atoms with Crippen LogP contribution in [0.2, 0.25) is 0 Å². The normalized spacial score (nSPS) is 10.7. The van der Waals surface area contributed by atoms with Gasteiger partial charge in [-0.15, -0.1) is 0 Å². The molecule has 1 N–H and O–H groups in total. The van der Waals surface area contributed by atoms with Gasteiger partial charge < -0.3 is 5.32 Å². The lowest BCUT2D eigenvalue weighted by molar-refractivity contribution is 0.619. The van der Waals surface area contributed by atoms with Crippen molar-refractivity contribution in [3.63, 3.8) is 0 Å². The van der Waals surface area contributed by atoms with E-state index in [1.807, 2.05) is 24.3 Å². The number of anilines is 1. The van der Waals surface area contributed by atoms with E-state index >= 15 is 0 Å². The first-order valence-corrected chi connectivity index (χ1v) is 8.98. The Labute approximate surface area is 153 Å². The van der Waals surface area contributed by atoms with Crippen molar-refractivity contribution < 1.29 is 4.39 Å². The van der Waals surface area contributed by atoms with Gasteiger partial charge >= 0.3 is 0 Å². The molecule has 134 valence electrons. The molecule has 3 rings (SSSR count). The highest BCUT2D eigenvalue weighted by Crippen LogP contribution is 2.30. The van der Waals surface area contributed by atoms with Crippen molar-refractivity contribution in [2.45, 2.75) is 33.1 Å². The predicted molar refractivity (Wildman–Crippen MR) is 103 cm³/mol. The summed E-state index contributed by atoms with van der Waals surface area (Å²) in [6.07, 6.45) is 6.94. The van der Waals surface area contributed by atoms with Crippen LogP contribution in [0.1, 0.15) is 31.7 Å². The highest BCUT2D eigenvalue weighted by Gasteiger charge is 2.12. The molecule has 3 aromatic rings. The molecular weight excluding hydrogens is 327 g/mol. The summed E-state index contributed by atoms with van der Waals surface area (Å²) in [6, 6.07) is 10.8. The first-order chi connectivity index (χ1) is 12.7. The van der Waals surface area contributed by atoms with Crippen molar-refractivity contribution >= 4 is 5.95 Å². The summed E-state index contributed by atoms with van der Waals surface area (Å²) in [7, 11) is 0. The fraction of sp³-hybridized carbons (Fsp3) is 0.286. The van der Waals surface area contributed by atoms with Crippen LogP contribution in [0.25, 0.3) is 22.5 Å². The zero-order chi connectivity index (χ0) is 18.4. The number of benzene rings is 1. The molecule has 0 radical (unpaired) electrons. The maximum absolute atomic E-state index is 13.6. The molecule has 2 aromatic heterocycles. The van der Waals surface area contributed by atoms with E-state index in [2.05, 4.69) is 27.2 Å². The predicted octanol–water partition coefficient (Wildman–Crippen LogP) is 5.26. The third kappa shape index (κ3) is 4.23. The number of hydrogen-bond donors (Lipinski definition) is 1. The molecule has 0 amide bonds. The van der Waals surface area contributed by atoms with Crippen molar-refractivity contribution in [3.05, 3.63) is 60.2 Å². The number of aryl methyl sites for hydroxylation is 1. The quantitative estimate of drug-likeness (QED) is 0.591. The van der Waals surface area contributed by atoms with Crippen molar-refractivity contribution in [2.75, 3.05) is 11.9 Å². The fourth-order valence-corrected chi connectivity index (χ4v) is 2.80. The molecule has 2 heterocycles. The number of rotatable bonds is 7. The van der Waals surface area contributed by atoms with Crippen LogP contribution < -0.4 is 5.32 Å². The molecule has 0 aliphatic carbocycles. The molecule has 0 saturated carbocycles. The van der Waals surface area contributed by atoms with Crippen LogP contribution in [0.5, 0.6) is 0 Å². The molecule has 4 nitrogen and oxygen atoms in total. The van der Waals surface area contributed by atoms with Crippen molar-refractivity contribution in [1.82, 2.24) is 15.0 Å². The van der Waals surface area contributed by atoms with Crippen LogP contribution in [0.15, 0.2) is 48.8 Å². The van der Waals surface area contributed by atoms with E-state index in [0.717, 1.165) is 35.5 Å². The van der Waals surface area contributed by atoms with E-state index in [0.29, 0.717) is 11.5 Å². The van der Waals surface area contributed by atoms with Crippen molar-refractivity contribution in [3.8, 4) is 22.5 Å². The Morgan fingerprint density at radius 1 is 1.04 bits per heavy atom. The minimum absolute atomic E-state index is 0.216. The summed E-state index contributed by atoms with van der Waals surface area (Å²) >= 11 is 0. The number of nitrogens with one attached hydrogen (secondary N) is 1. The van der Waals surface area contributed by atoms with Gasteiger partial charge in [0.1, 0.15) is 5.82 Å². The van der Waals surface area contributed by atoms with Crippen molar-refractivity contribution in [1.29, 1.82) is 0 Å². The molecule has 0 fully saturated rings. The van der Waals surface area contributed by atoms with Gasteiger partial charge in [-0.2, -0.15) is 0 Å². The Balaban J connectivity index is 1.91. The standard InChI is InChI=1S/C21H23FN4/c1-3-4-5-11-24-21-25-13-10-19(26-21)17-7-6-12-23-20(17)16-8-9-18(22)15(2)14-16/h6-10,12-14H,3-5,11H2,1-2H3,(H,24,25,26). The monoisotopic (exact) mass is 350 g/mol. The smallest absolute Gasteiger partial charge is 0.223 e. The van der Waals surface area contributed by atoms with Gasteiger partial charge in [0.25, 0.3) is 0 Å². The molecule has 0 aliphatic rings. The minimum Gasteiger partial charge on any atom is -0.354 e. The minimum atomic E-state index is -0.216. The molecule has 0 bridgehead atoms. The van der Waals surface area contributed by atoms with E-state index in [9.17, 15) is 4.39 Å². The summed E-state index contributed by atoms with van der Waals surface area (Å²) in [5, 5.41) is 3.27. The first kappa shape index (κ1) is 18.0. The van der Waals surface area contributed by atoms with Gasteiger partial charge in [0.05, 0.1) is 11.4 Å². The Bertz CT molecular complexity index is 879. The molecule has 0 unspecified atom stereocenters. The largest absolute Gasteiger partial charge is 0.354 e. The highest BCUT2D eigenvalue weighted by atomic mass is 19.1. The molecule has 0 spiro atoms. The molecule has 5 heteroatoms. The number of nitrogens with zero attached hydrogens (tertiary/aromatic N) is 3. The lowest BCUT2D eigenvalue weighted by Crippen LogP contribution is -2.05.